The minimum absolute atomic E-state index is 0.434. The lowest BCUT2D eigenvalue weighted by molar-refractivity contribution is 0.234. The zero-order valence-electron chi connectivity index (χ0n) is 11.9. The van der Waals surface area contributed by atoms with Crippen molar-refractivity contribution in [2.75, 3.05) is 13.2 Å². The third kappa shape index (κ3) is 13.1. The van der Waals surface area contributed by atoms with Crippen LogP contribution in [0.25, 0.3) is 0 Å². The summed E-state index contributed by atoms with van der Waals surface area (Å²) in [7, 11) is -2.34. The van der Waals surface area contributed by atoms with Crippen LogP contribution in [0.3, 0.4) is 0 Å². The Hall–Kier alpha value is 0.874. The van der Waals surface area contributed by atoms with Gasteiger partial charge < -0.3 is 0 Å². The zero-order chi connectivity index (χ0) is 13.7. The van der Waals surface area contributed by atoms with E-state index in [1.54, 1.807) is 0 Å². The third-order valence-corrected chi connectivity index (χ3v) is 7.17. The summed E-state index contributed by atoms with van der Waals surface area (Å²) in [5, 5.41) is 0. The Morgan fingerprint density at radius 3 is 1.41 bits per heavy atom. The smallest absolute Gasteiger partial charge is 0.297 e. The summed E-state index contributed by atoms with van der Waals surface area (Å²) in [5.41, 5.74) is 0. The van der Waals surface area contributed by atoms with Gasteiger partial charge in [0.2, 0.25) is 0 Å². The molecule has 0 aliphatic heterocycles. The van der Waals surface area contributed by atoms with Gasteiger partial charge >= 0.3 is 6.95 Å². The molecular weight excluding hydrogens is 291 g/mol. The van der Waals surface area contributed by atoms with E-state index in [2.05, 4.69) is 39.3 Å². The highest BCUT2D eigenvalue weighted by Gasteiger charge is 2.24. The molecule has 104 valence electrons. The lowest BCUT2D eigenvalue weighted by Crippen LogP contribution is -2.22. The van der Waals surface area contributed by atoms with E-state index in [0.717, 1.165) is 12.1 Å². The van der Waals surface area contributed by atoms with Crippen LogP contribution in [-0.2, 0) is 13.6 Å². The lowest BCUT2D eigenvalue weighted by Gasteiger charge is -2.19. The Labute approximate surface area is 113 Å². The molecule has 0 amide bonds. The molecular formula is C10H26ClO3PSi2. The van der Waals surface area contributed by atoms with E-state index in [1.807, 2.05) is 0 Å². The van der Waals surface area contributed by atoms with Crippen molar-refractivity contribution in [3.8, 4) is 0 Å². The van der Waals surface area contributed by atoms with Crippen LogP contribution in [0.2, 0.25) is 51.4 Å². The highest BCUT2D eigenvalue weighted by Crippen LogP contribution is 2.54. The summed E-state index contributed by atoms with van der Waals surface area (Å²) < 4.78 is 22.1. The molecule has 3 nitrogen and oxygen atoms in total. The third-order valence-electron chi connectivity index (χ3n) is 2.20. The Morgan fingerprint density at radius 2 is 1.18 bits per heavy atom. The van der Waals surface area contributed by atoms with Gasteiger partial charge in [-0.3, -0.25) is 9.05 Å². The summed E-state index contributed by atoms with van der Waals surface area (Å²) >= 11 is 5.74. The van der Waals surface area contributed by atoms with Crippen molar-refractivity contribution < 1.29 is 13.6 Å². The molecule has 0 spiro atoms. The quantitative estimate of drug-likeness (QED) is 0.464. The number of halogens is 1. The maximum Gasteiger partial charge on any atom is 0.424 e. The van der Waals surface area contributed by atoms with Gasteiger partial charge in [0.05, 0.1) is 13.2 Å². The first kappa shape index (κ1) is 17.9. The first-order chi connectivity index (χ1) is 7.41. The minimum Gasteiger partial charge on any atom is -0.297 e. The molecule has 0 aromatic rings. The van der Waals surface area contributed by atoms with E-state index in [4.69, 9.17) is 20.3 Å². The van der Waals surface area contributed by atoms with E-state index in [0.29, 0.717) is 13.2 Å². The summed E-state index contributed by atoms with van der Waals surface area (Å²) in [6.07, 6.45) is 0. The van der Waals surface area contributed by atoms with Crippen LogP contribution in [0.4, 0.5) is 0 Å². The van der Waals surface area contributed by atoms with Crippen LogP contribution in [0.1, 0.15) is 0 Å². The molecule has 0 saturated carbocycles. The maximum atomic E-state index is 11.7. The normalized spacial score (nSPS) is 14.1. The van der Waals surface area contributed by atoms with Gasteiger partial charge in [0.15, 0.2) is 0 Å². The van der Waals surface area contributed by atoms with Crippen molar-refractivity contribution in [2.45, 2.75) is 51.4 Å². The van der Waals surface area contributed by atoms with E-state index >= 15 is 0 Å². The van der Waals surface area contributed by atoms with Gasteiger partial charge in [-0.15, -0.1) is 0 Å². The molecule has 0 aliphatic carbocycles. The van der Waals surface area contributed by atoms with E-state index in [9.17, 15) is 4.57 Å². The molecule has 7 heteroatoms. The molecule has 0 aromatic carbocycles. The summed E-state index contributed by atoms with van der Waals surface area (Å²) in [4.78, 5) is 0. The average Bonchev–Trinajstić information content (AvgIpc) is 1.96. The van der Waals surface area contributed by atoms with Gasteiger partial charge in [-0.2, -0.15) is 0 Å². The fourth-order valence-corrected chi connectivity index (χ4v) is 3.84. The summed E-state index contributed by atoms with van der Waals surface area (Å²) in [6, 6.07) is 1.89. The highest BCUT2D eigenvalue weighted by atomic mass is 35.7. The van der Waals surface area contributed by atoms with Gasteiger partial charge in [-0.1, -0.05) is 39.3 Å². The van der Waals surface area contributed by atoms with Gasteiger partial charge in [-0.25, -0.2) is 4.57 Å². The highest BCUT2D eigenvalue weighted by molar-refractivity contribution is 7.81. The van der Waals surface area contributed by atoms with Crippen molar-refractivity contribution in [3.63, 3.8) is 0 Å². The SMILES string of the molecule is C[Si](C)(C)CCOP(=O)(Cl)OCC[Si](C)(C)C. The molecule has 0 saturated heterocycles. The number of hydrogen-bond donors (Lipinski definition) is 0. The molecule has 0 aliphatic rings. The van der Waals surface area contributed by atoms with Gasteiger partial charge in [0.25, 0.3) is 0 Å². The molecule has 0 N–H and O–H groups in total. The molecule has 0 radical (unpaired) electrons. The first-order valence-corrected chi connectivity index (χ1v) is 15.9. The van der Waals surface area contributed by atoms with Crippen molar-refractivity contribution in [3.05, 3.63) is 0 Å². The summed E-state index contributed by atoms with van der Waals surface area (Å²) in [5.74, 6) is 0. The van der Waals surface area contributed by atoms with E-state index in [1.165, 1.54) is 0 Å². The summed E-state index contributed by atoms with van der Waals surface area (Å²) in [6.45, 7) is 10.9. The van der Waals surface area contributed by atoms with Crippen LogP contribution in [-0.4, -0.2) is 29.4 Å². The predicted molar refractivity (Wildman–Crippen MR) is 81.7 cm³/mol. The van der Waals surface area contributed by atoms with Gasteiger partial charge in [-0.05, 0) is 12.1 Å². The molecule has 0 rings (SSSR count). The Balaban J connectivity index is 3.85. The molecule has 0 fully saturated rings. The second-order valence-corrected chi connectivity index (χ2v) is 20.6. The van der Waals surface area contributed by atoms with E-state index < -0.39 is 23.1 Å². The van der Waals surface area contributed by atoms with Crippen molar-refractivity contribution in [1.82, 2.24) is 0 Å². The standard InChI is InChI=1S/C10H26ClO3PSi2/c1-16(2,3)9-7-13-15(11,12)14-8-10-17(4,5)6/h7-10H2,1-6H3. The van der Waals surface area contributed by atoms with Crippen LogP contribution >= 0.6 is 18.2 Å². The van der Waals surface area contributed by atoms with Crippen LogP contribution < -0.4 is 0 Å². The first-order valence-electron chi connectivity index (χ1n) is 6.00. The van der Waals surface area contributed by atoms with Crippen LogP contribution in [0, 0.1) is 0 Å². The largest absolute Gasteiger partial charge is 0.424 e. The van der Waals surface area contributed by atoms with Crippen molar-refractivity contribution >= 4 is 34.3 Å². The number of hydrogen-bond acceptors (Lipinski definition) is 3. The second kappa shape index (κ2) is 6.87. The van der Waals surface area contributed by atoms with Crippen molar-refractivity contribution in [1.29, 1.82) is 0 Å². The monoisotopic (exact) mass is 316 g/mol. The molecule has 0 heterocycles. The van der Waals surface area contributed by atoms with E-state index in [-0.39, 0.29) is 0 Å². The molecule has 0 aromatic heterocycles. The number of rotatable bonds is 8. The lowest BCUT2D eigenvalue weighted by atomic mass is 10.9. The predicted octanol–water partition coefficient (Wildman–Crippen LogP) is 5.04. The fourth-order valence-electron chi connectivity index (χ4n) is 0.959. The average molecular weight is 317 g/mol. The fraction of sp³-hybridized carbons (Fsp3) is 1.00. The maximum absolute atomic E-state index is 11.7. The second-order valence-electron chi connectivity index (χ2n) is 6.72. The Morgan fingerprint density at radius 1 is 0.882 bits per heavy atom. The molecule has 0 atom stereocenters. The Kier molecular flexibility index (Phi) is 7.23. The minimum atomic E-state index is -3.35. The zero-order valence-corrected chi connectivity index (χ0v) is 15.5. The Bertz CT molecular complexity index is 250. The molecule has 17 heavy (non-hydrogen) atoms. The van der Waals surface area contributed by atoms with Crippen LogP contribution in [0.5, 0.6) is 0 Å². The van der Waals surface area contributed by atoms with Crippen LogP contribution in [0.15, 0.2) is 0 Å². The van der Waals surface area contributed by atoms with Gasteiger partial charge in [0, 0.05) is 27.4 Å². The van der Waals surface area contributed by atoms with Crippen molar-refractivity contribution in [2.24, 2.45) is 0 Å². The topological polar surface area (TPSA) is 35.5 Å². The van der Waals surface area contributed by atoms with Gasteiger partial charge in [0.1, 0.15) is 0 Å². The molecule has 0 unspecified atom stereocenters. The molecule has 0 bridgehead atoms.